The standard InChI is InChI=1S/C43H56F2N8O9/c1-27-6-3-9-32(27)53-39-29(24-31(38(44)45)41(53)57)25-46-42(49-39)47-30-13-15-51(16-14-30)36(55)26-62-23-22-61-21-20-60-19-18-59-17-5-8-28-7-4-10-33-37(28)50(2)43(58)52(33)34-11-12-35(54)48-40(34)56/h4,7,10,24-25,27,30,32,34,38H,3,5-6,8-9,11-23,26H2,1-2H3,(H,46,47,49)(H,48,54,56). The first-order valence-corrected chi connectivity index (χ1v) is 21.6. The SMILES string of the molecule is CC1CCCC1n1c(=O)c(C(F)F)cc2cnc(NC3CCN(C(=O)COCCOCCOCCOCCCc4cccc5c4n(C)c(=O)n5C4CCC(=O)NC4=O)CC3)nc21. The molecule has 2 N–H and O–H groups in total. The molecule has 2 aliphatic heterocycles. The number of likely N-dealkylation sites (tertiary alicyclic amines) is 1. The second kappa shape index (κ2) is 20.8. The Morgan fingerprint density at radius 2 is 1.63 bits per heavy atom. The number of para-hydroxylation sites is 1. The van der Waals surface area contributed by atoms with Gasteiger partial charge in [-0.05, 0) is 68.6 Å². The largest absolute Gasteiger partial charge is 0.379 e. The molecule has 1 aliphatic carbocycles. The number of nitrogens with one attached hydrogen (secondary N) is 2. The number of benzene rings is 1. The van der Waals surface area contributed by atoms with Crippen molar-refractivity contribution in [2.75, 3.05) is 71.3 Å². The van der Waals surface area contributed by atoms with E-state index in [1.807, 2.05) is 25.1 Å². The fourth-order valence-corrected chi connectivity index (χ4v) is 8.87. The lowest BCUT2D eigenvalue weighted by Crippen LogP contribution is -2.44. The molecule has 7 rings (SSSR count). The number of ether oxygens (including phenoxy) is 4. The van der Waals surface area contributed by atoms with E-state index in [-0.39, 0.29) is 61.6 Å². The molecule has 1 aromatic carbocycles. The summed E-state index contributed by atoms with van der Waals surface area (Å²) in [5.74, 6) is -0.395. The maximum Gasteiger partial charge on any atom is 0.329 e. The normalized spacial score (nSPS) is 19.9. The van der Waals surface area contributed by atoms with Crippen LogP contribution in [-0.2, 0) is 46.8 Å². The lowest BCUT2D eigenvalue weighted by atomic mass is 10.0. The molecule has 3 amide bonds. The molecule has 0 spiro atoms. The fraction of sp³-hybridized carbons (Fsp3) is 0.605. The number of hydrogen-bond donors (Lipinski definition) is 2. The number of imidazole rings is 1. The van der Waals surface area contributed by atoms with Crippen molar-refractivity contribution in [3.05, 3.63) is 62.4 Å². The van der Waals surface area contributed by atoms with Gasteiger partial charge in [0, 0.05) is 56.8 Å². The predicted octanol–water partition coefficient (Wildman–Crippen LogP) is 3.82. The average Bonchev–Trinajstić information content (AvgIpc) is 3.79. The minimum atomic E-state index is -2.89. The molecule has 5 heterocycles. The summed E-state index contributed by atoms with van der Waals surface area (Å²) in [6.45, 7) is 5.68. The van der Waals surface area contributed by atoms with E-state index < -0.39 is 29.5 Å². The van der Waals surface area contributed by atoms with Gasteiger partial charge in [-0.2, -0.15) is 4.98 Å². The van der Waals surface area contributed by atoms with Gasteiger partial charge in [-0.15, -0.1) is 0 Å². The molecule has 1 saturated carbocycles. The lowest BCUT2D eigenvalue weighted by Gasteiger charge is -2.32. The van der Waals surface area contributed by atoms with Crippen LogP contribution in [0.2, 0.25) is 0 Å². The van der Waals surface area contributed by atoms with E-state index in [4.69, 9.17) is 18.9 Å². The molecule has 4 aromatic rings. The number of aromatic nitrogens is 5. The lowest BCUT2D eigenvalue weighted by molar-refractivity contribution is -0.138. The van der Waals surface area contributed by atoms with Crippen molar-refractivity contribution >= 4 is 45.7 Å². The number of alkyl halides is 2. The van der Waals surface area contributed by atoms with Crippen molar-refractivity contribution in [1.29, 1.82) is 0 Å². The number of nitrogens with zero attached hydrogens (tertiary/aromatic N) is 6. The van der Waals surface area contributed by atoms with Crippen LogP contribution >= 0.6 is 0 Å². The Morgan fingerprint density at radius 3 is 2.31 bits per heavy atom. The number of fused-ring (bicyclic) bond motifs is 2. The molecule has 336 valence electrons. The molecule has 62 heavy (non-hydrogen) atoms. The summed E-state index contributed by atoms with van der Waals surface area (Å²) in [4.78, 5) is 74.0. The highest BCUT2D eigenvalue weighted by molar-refractivity contribution is 6.00. The fourth-order valence-electron chi connectivity index (χ4n) is 8.87. The zero-order valence-corrected chi connectivity index (χ0v) is 35.3. The topological polar surface area (TPSA) is 190 Å². The summed E-state index contributed by atoms with van der Waals surface area (Å²) in [5.41, 5.74) is 1.25. The molecule has 3 fully saturated rings. The van der Waals surface area contributed by atoms with Crippen LogP contribution in [0, 0.1) is 5.92 Å². The molecule has 3 aliphatic rings. The predicted molar refractivity (Wildman–Crippen MR) is 224 cm³/mol. The zero-order chi connectivity index (χ0) is 43.8. The molecule has 2 saturated heterocycles. The second-order valence-electron chi connectivity index (χ2n) is 16.3. The van der Waals surface area contributed by atoms with Crippen molar-refractivity contribution < 1.29 is 42.1 Å². The van der Waals surface area contributed by atoms with Crippen LogP contribution in [0.25, 0.3) is 22.1 Å². The van der Waals surface area contributed by atoms with Gasteiger partial charge < -0.3 is 29.2 Å². The molecule has 3 aromatic heterocycles. The number of aryl methyl sites for hydroxylation is 2. The second-order valence-corrected chi connectivity index (χ2v) is 16.3. The van der Waals surface area contributed by atoms with Gasteiger partial charge in [-0.3, -0.25) is 38.2 Å². The molecule has 3 atom stereocenters. The highest BCUT2D eigenvalue weighted by atomic mass is 19.3. The first kappa shape index (κ1) is 44.9. The van der Waals surface area contributed by atoms with Crippen molar-refractivity contribution in [2.24, 2.45) is 13.0 Å². The minimum Gasteiger partial charge on any atom is -0.379 e. The van der Waals surface area contributed by atoms with Gasteiger partial charge in [0.1, 0.15) is 18.3 Å². The number of pyridine rings is 1. The van der Waals surface area contributed by atoms with E-state index in [0.717, 1.165) is 36.8 Å². The maximum atomic E-state index is 13.8. The Bertz CT molecular complexity index is 2340. The summed E-state index contributed by atoms with van der Waals surface area (Å²) >= 11 is 0. The van der Waals surface area contributed by atoms with Crippen molar-refractivity contribution in [3.8, 4) is 0 Å². The van der Waals surface area contributed by atoms with E-state index in [2.05, 4.69) is 20.6 Å². The zero-order valence-electron chi connectivity index (χ0n) is 35.3. The Kier molecular flexibility index (Phi) is 15.1. The monoisotopic (exact) mass is 866 g/mol. The Balaban J connectivity index is 0.732. The summed E-state index contributed by atoms with van der Waals surface area (Å²) in [7, 11) is 1.69. The third kappa shape index (κ3) is 10.4. The van der Waals surface area contributed by atoms with Crippen molar-refractivity contribution in [3.63, 3.8) is 0 Å². The number of hydrogen-bond acceptors (Lipinski definition) is 12. The van der Waals surface area contributed by atoms with E-state index in [0.29, 0.717) is 94.5 Å². The highest BCUT2D eigenvalue weighted by Crippen LogP contribution is 2.36. The molecular formula is C43H56F2N8O9. The first-order valence-electron chi connectivity index (χ1n) is 21.6. The van der Waals surface area contributed by atoms with Crippen LogP contribution in [0.1, 0.15) is 87.9 Å². The molecule has 3 unspecified atom stereocenters. The number of amides is 3. The quantitative estimate of drug-likeness (QED) is 0.0967. The minimum absolute atomic E-state index is 0.00847. The Labute approximate surface area is 357 Å². The summed E-state index contributed by atoms with van der Waals surface area (Å²) < 4.78 is 54.5. The van der Waals surface area contributed by atoms with E-state index in [9.17, 15) is 32.8 Å². The van der Waals surface area contributed by atoms with Gasteiger partial charge in [-0.1, -0.05) is 25.5 Å². The molecule has 0 radical (unpaired) electrons. The van der Waals surface area contributed by atoms with E-state index >= 15 is 0 Å². The van der Waals surface area contributed by atoms with Gasteiger partial charge in [-0.25, -0.2) is 18.6 Å². The smallest absolute Gasteiger partial charge is 0.329 e. The molecule has 0 bridgehead atoms. The molecule has 19 heteroatoms. The Morgan fingerprint density at radius 1 is 0.919 bits per heavy atom. The van der Waals surface area contributed by atoms with Gasteiger partial charge in [0.2, 0.25) is 23.7 Å². The van der Waals surface area contributed by atoms with Crippen LogP contribution in [-0.4, -0.2) is 118 Å². The molecule has 17 nitrogen and oxygen atoms in total. The van der Waals surface area contributed by atoms with E-state index in [1.54, 1.807) is 16.5 Å². The highest BCUT2D eigenvalue weighted by Gasteiger charge is 2.33. The average molecular weight is 867 g/mol. The van der Waals surface area contributed by atoms with Crippen molar-refractivity contribution in [2.45, 2.75) is 89.3 Å². The number of carbonyl (C=O) groups excluding carboxylic acids is 3. The van der Waals surface area contributed by atoms with Crippen LogP contribution in [0.4, 0.5) is 14.7 Å². The van der Waals surface area contributed by atoms with Gasteiger partial charge >= 0.3 is 5.69 Å². The van der Waals surface area contributed by atoms with Gasteiger partial charge in [0.15, 0.2) is 0 Å². The van der Waals surface area contributed by atoms with Crippen molar-refractivity contribution in [1.82, 2.24) is 33.9 Å². The number of carbonyl (C=O) groups is 3. The number of anilines is 1. The number of piperidine rings is 2. The van der Waals surface area contributed by atoms with Crippen LogP contribution in [0.5, 0.6) is 0 Å². The van der Waals surface area contributed by atoms with Gasteiger partial charge in [0.05, 0.1) is 56.2 Å². The number of rotatable bonds is 20. The summed E-state index contributed by atoms with van der Waals surface area (Å²) in [5, 5.41) is 6.07. The summed E-state index contributed by atoms with van der Waals surface area (Å²) in [6, 6.07) is 5.93. The van der Waals surface area contributed by atoms with E-state index in [1.165, 1.54) is 21.4 Å². The maximum absolute atomic E-state index is 13.8. The van der Waals surface area contributed by atoms with Crippen LogP contribution < -0.4 is 21.9 Å². The van der Waals surface area contributed by atoms with Crippen LogP contribution in [0.15, 0.2) is 40.1 Å². The van der Waals surface area contributed by atoms with Crippen LogP contribution in [0.3, 0.4) is 0 Å². The third-order valence-electron chi connectivity index (χ3n) is 12.1. The number of imide groups is 1. The Hall–Kier alpha value is -5.11. The first-order chi connectivity index (χ1) is 30.0. The molecular weight excluding hydrogens is 811 g/mol. The van der Waals surface area contributed by atoms with Gasteiger partial charge in [0.25, 0.3) is 12.0 Å². The summed E-state index contributed by atoms with van der Waals surface area (Å²) in [6.07, 6.45) is 4.37. The third-order valence-corrected chi connectivity index (χ3v) is 12.1. The number of halogens is 2.